The zero-order valence-corrected chi connectivity index (χ0v) is 20.1. The average molecular weight is 443 g/mol. The second kappa shape index (κ2) is 10.0. The molecule has 0 N–H and O–H groups in total. The van der Waals surface area contributed by atoms with Gasteiger partial charge in [0.2, 0.25) is 0 Å². The molecule has 2 aliphatic rings. The fourth-order valence-electron chi connectivity index (χ4n) is 5.32. The molecule has 2 aromatic carbocycles. The van der Waals surface area contributed by atoms with Crippen molar-refractivity contribution >= 4 is 11.4 Å². The Morgan fingerprint density at radius 1 is 1.15 bits per heavy atom. The number of rotatable bonds is 6. The number of allylic oxidation sites excluding steroid dienone is 1. The molecular formula is C29H34N2O2. The fraction of sp³-hybridized carbons (Fsp3) is 0.448. The largest absolute Gasteiger partial charge is 0.362 e. The third-order valence-corrected chi connectivity index (χ3v) is 7.36. The van der Waals surface area contributed by atoms with E-state index in [0.29, 0.717) is 24.6 Å². The molecule has 0 spiro atoms. The van der Waals surface area contributed by atoms with Gasteiger partial charge in [0.05, 0.1) is 11.6 Å². The summed E-state index contributed by atoms with van der Waals surface area (Å²) in [6.07, 6.45) is 6.80. The van der Waals surface area contributed by atoms with E-state index in [0.717, 1.165) is 48.2 Å². The minimum absolute atomic E-state index is 0.0264. The molecule has 2 heterocycles. The Morgan fingerprint density at radius 3 is 2.61 bits per heavy atom. The zero-order chi connectivity index (χ0) is 23.4. The van der Waals surface area contributed by atoms with E-state index in [2.05, 4.69) is 43.0 Å². The maximum absolute atomic E-state index is 13.9. The molecule has 172 valence electrons. The Labute approximate surface area is 197 Å². The van der Waals surface area contributed by atoms with Gasteiger partial charge in [-0.25, -0.2) is 0 Å². The zero-order valence-electron chi connectivity index (χ0n) is 20.1. The van der Waals surface area contributed by atoms with Crippen molar-refractivity contribution in [1.29, 1.82) is 5.26 Å². The first-order chi connectivity index (χ1) is 16.0. The second-order valence-corrected chi connectivity index (χ2v) is 9.47. The predicted molar refractivity (Wildman–Crippen MR) is 132 cm³/mol. The summed E-state index contributed by atoms with van der Waals surface area (Å²) < 4.78 is 6.38. The summed E-state index contributed by atoms with van der Waals surface area (Å²) in [6.45, 7) is 9.09. The van der Waals surface area contributed by atoms with Gasteiger partial charge in [0.15, 0.2) is 11.4 Å². The van der Waals surface area contributed by atoms with Crippen molar-refractivity contribution in [2.24, 2.45) is 0 Å². The van der Waals surface area contributed by atoms with Gasteiger partial charge < -0.3 is 4.74 Å². The minimum atomic E-state index is -0.966. The third kappa shape index (κ3) is 4.67. The number of hydrogen-bond acceptors (Lipinski definition) is 4. The SMILES string of the molecule is CC(=CC(=O)C1(c2cc(C(C)N3CCCC3)ccc2C)CCCCO1)c1ccccc1C#N. The van der Waals surface area contributed by atoms with Crippen molar-refractivity contribution in [3.63, 3.8) is 0 Å². The van der Waals surface area contributed by atoms with Gasteiger partial charge in [0, 0.05) is 12.6 Å². The first kappa shape index (κ1) is 23.4. The lowest BCUT2D eigenvalue weighted by molar-refractivity contribution is -0.148. The number of carbonyl (C=O) groups excluding carboxylic acids is 1. The third-order valence-electron chi connectivity index (χ3n) is 7.36. The van der Waals surface area contributed by atoms with E-state index in [-0.39, 0.29) is 5.78 Å². The molecule has 2 aromatic rings. The number of nitrogens with zero attached hydrogens (tertiary/aromatic N) is 2. The van der Waals surface area contributed by atoms with Crippen LogP contribution in [0.15, 0.2) is 48.5 Å². The number of ketones is 1. The molecule has 0 bridgehead atoms. The summed E-state index contributed by atoms with van der Waals surface area (Å²) in [5.41, 5.74) is 4.54. The molecule has 2 saturated heterocycles. The minimum Gasteiger partial charge on any atom is -0.362 e. The quantitative estimate of drug-likeness (QED) is 0.508. The van der Waals surface area contributed by atoms with E-state index in [1.807, 2.05) is 25.1 Å². The Morgan fingerprint density at radius 2 is 1.91 bits per heavy atom. The Bertz CT molecular complexity index is 1080. The molecule has 4 nitrogen and oxygen atoms in total. The van der Waals surface area contributed by atoms with Crippen molar-refractivity contribution in [1.82, 2.24) is 4.90 Å². The molecule has 0 radical (unpaired) electrons. The number of hydrogen-bond donors (Lipinski definition) is 0. The molecule has 2 atom stereocenters. The van der Waals surface area contributed by atoms with Gasteiger partial charge in [-0.15, -0.1) is 0 Å². The number of ether oxygens (including phenoxy) is 1. The van der Waals surface area contributed by atoms with E-state index in [9.17, 15) is 10.1 Å². The van der Waals surface area contributed by atoms with Crippen molar-refractivity contribution < 1.29 is 9.53 Å². The van der Waals surface area contributed by atoms with E-state index < -0.39 is 5.60 Å². The molecular weight excluding hydrogens is 408 g/mol. The van der Waals surface area contributed by atoms with Crippen LogP contribution in [0.25, 0.3) is 5.57 Å². The number of nitriles is 1. The van der Waals surface area contributed by atoms with Crippen molar-refractivity contribution in [3.05, 3.63) is 76.4 Å². The molecule has 0 amide bonds. The molecule has 4 rings (SSSR count). The van der Waals surface area contributed by atoms with E-state index in [1.165, 1.54) is 18.4 Å². The summed E-state index contributed by atoms with van der Waals surface area (Å²) in [5, 5.41) is 9.50. The normalized spacial score (nSPS) is 22.7. The first-order valence-corrected chi connectivity index (χ1v) is 12.2. The summed E-state index contributed by atoms with van der Waals surface area (Å²) in [7, 11) is 0. The van der Waals surface area contributed by atoms with Crippen LogP contribution in [0.2, 0.25) is 0 Å². The van der Waals surface area contributed by atoms with Crippen molar-refractivity contribution in [2.45, 2.75) is 64.5 Å². The number of aryl methyl sites for hydroxylation is 1. The van der Waals surface area contributed by atoms with Crippen LogP contribution in [0.5, 0.6) is 0 Å². The molecule has 0 aliphatic carbocycles. The Hall–Kier alpha value is -2.74. The van der Waals surface area contributed by atoms with Gasteiger partial charge in [0.1, 0.15) is 0 Å². The molecule has 2 aliphatic heterocycles. The highest BCUT2D eigenvalue weighted by atomic mass is 16.5. The van der Waals surface area contributed by atoms with Crippen LogP contribution < -0.4 is 0 Å². The highest BCUT2D eigenvalue weighted by Gasteiger charge is 2.43. The lowest BCUT2D eigenvalue weighted by Gasteiger charge is -2.37. The summed E-state index contributed by atoms with van der Waals surface area (Å²) >= 11 is 0. The highest BCUT2D eigenvalue weighted by Crippen LogP contribution is 2.40. The van der Waals surface area contributed by atoms with Gasteiger partial charge in [0.25, 0.3) is 0 Å². The fourth-order valence-corrected chi connectivity index (χ4v) is 5.32. The van der Waals surface area contributed by atoms with E-state index in [1.54, 1.807) is 12.1 Å². The summed E-state index contributed by atoms with van der Waals surface area (Å²) in [6, 6.07) is 16.6. The van der Waals surface area contributed by atoms with Crippen LogP contribution in [-0.2, 0) is 15.1 Å². The van der Waals surface area contributed by atoms with E-state index >= 15 is 0 Å². The smallest absolute Gasteiger partial charge is 0.192 e. The van der Waals surface area contributed by atoms with Gasteiger partial charge in [-0.2, -0.15) is 5.26 Å². The van der Waals surface area contributed by atoms with Crippen LogP contribution in [0.4, 0.5) is 0 Å². The Balaban J connectivity index is 1.74. The van der Waals surface area contributed by atoms with Crippen molar-refractivity contribution in [3.8, 4) is 6.07 Å². The molecule has 4 heteroatoms. The summed E-state index contributed by atoms with van der Waals surface area (Å²) in [4.78, 5) is 16.4. The van der Waals surface area contributed by atoms with Gasteiger partial charge in [-0.3, -0.25) is 9.69 Å². The topological polar surface area (TPSA) is 53.3 Å². The number of likely N-dealkylation sites (tertiary alicyclic amines) is 1. The van der Waals surface area contributed by atoms with Gasteiger partial charge in [-0.05, 0) is 106 Å². The maximum atomic E-state index is 13.9. The molecule has 2 fully saturated rings. The van der Waals surface area contributed by atoms with Crippen LogP contribution in [0, 0.1) is 18.3 Å². The lowest BCUT2D eigenvalue weighted by Crippen LogP contribution is -2.41. The first-order valence-electron chi connectivity index (χ1n) is 12.2. The predicted octanol–water partition coefficient (Wildman–Crippen LogP) is 6.09. The average Bonchev–Trinajstić information content (AvgIpc) is 3.39. The molecule has 0 saturated carbocycles. The van der Waals surface area contributed by atoms with Gasteiger partial charge >= 0.3 is 0 Å². The summed E-state index contributed by atoms with van der Waals surface area (Å²) in [5.74, 6) is -0.0264. The second-order valence-electron chi connectivity index (χ2n) is 9.47. The number of carbonyl (C=O) groups is 1. The van der Waals surface area contributed by atoms with Crippen LogP contribution >= 0.6 is 0 Å². The Kier molecular flexibility index (Phi) is 7.12. The number of benzene rings is 2. The van der Waals surface area contributed by atoms with Crippen LogP contribution in [0.1, 0.15) is 79.8 Å². The van der Waals surface area contributed by atoms with Crippen LogP contribution in [0.3, 0.4) is 0 Å². The highest BCUT2D eigenvalue weighted by molar-refractivity contribution is 6.03. The van der Waals surface area contributed by atoms with E-state index in [4.69, 9.17) is 4.74 Å². The maximum Gasteiger partial charge on any atom is 0.192 e. The molecule has 0 aromatic heterocycles. The standard InChI is InChI=1S/C29H34N2O2/c1-21-12-13-24(23(3)31-15-7-8-16-31)19-27(21)29(14-6-9-17-33-29)28(32)18-22(2)26-11-5-4-10-25(26)20-30/h4-5,10-13,18-19,23H,6-9,14-17H2,1-3H3. The monoisotopic (exact) mass is 442 g/mol. The van der Waals surface area contributed by atoms with Gasteiger partial charge in [-0.1, -0.05) is 36.4 Å². The van der Waals surface area contributed by atoms with Crippen molar-refractivity contribution in [2.75, 3.05) is 19.7 Å². The molecule has 2 unspecified atom stereocenters. The molecule has 33 heavy (non-hydrogen) atoms. The van der Waals surface area contributed by atoms with Crippen LogP contribution in [-0.4, -0.2) is 30.4 Å². The lowest BCUT2D eigenvalue weighted by atomic mass is 9.78.